The van der Waals surface area contributed by atoms with Crippen LogP contribution < -0.4 is 4.74 Å². The van der Waals surface area contributed by atoms with Crippen molar-refractivity contribution in [2.45, 2.75) is 25.9 Å². The average molecular weight is 283 g/mol. The van der Waals surface area contributed by atoms with Gasteiger partial charge in [0.15, 0.2) is 11.5 Å². The molecule has 0 fully saturated rings. The molecule has 21 heavy (non-hydrogen) atoms. The summed E-state index contributed by atoms with van der Waals surface area (Å²) < 4.78 is 5.77. The minimum absolute atomic E-state index is 0.136. The predicted octanol–water partition coefficient (Wildman–Crippen LogP) is 3.56. The lowest BCUT2D eigenvalue weighted by molar-refractivity contribution is 0.134. The molecule has 1 aliphatic rings. The van der Waals surface area contributed by atoms with Gasteiger partial charge in [-0.15, -0.1) is 0 Å². The molecule has 0 spiro atoms. The van der Waals surface area contributed by atoms with Crippen molar-refractivity contribution >= 4 is 11.9 Å². The number of hydrogen-bond acceptors (Lipinski definition) is 4. The zero-order chi connectivity index (χ0) is 15.0. The fourth-order valence-corrected chi connectivity index (χ4v) is 2.48. The molecule has 0 aliphatic carbocycles. The van der Waals surface area contributed by atoms with Crippen molar-refractivity contribution in [1.82, 2.24) is 0 Å². The molecule has 1 heterocycles. The molecule has 1 aliphatic heterocycles. The normalized spacial score (nSPS) is 15.9. The van der Waals surface area contributed by atoms with Crippen LogP contribution in [0.25, 0.3) is 0 Å². The SMILES string of the molecule is CC1(C)Cc2c(N=Cc3ccccc3O)ccc(O)c2O1. The van der Waals surface area contributed by atoms with Crippen molar-refractivity contribution in [3.63, 3.8) is 0 Å². The smallest absolute Gasteiger partial charge is 0.167 e. The highest BCUT2D eigenvalue weighted by Crippen LogP contribution is 2.45. The Morgan fingerprint density at radius 2 is 1.86 bits per heavy atom. The summed E-state index contributed by atoms with van der Waals surface area (Å²) in [6.07, 6.45) is 2.30. The van der Waals surface area contributed by atoms with E-state index in [1.54, 1.807) is 36.5 Å². The minimum atomic E-state index is -0.347. The summed E-state index contributed by atoms with van der Waals surface area (Å²) in [7, 11) is 0. The van der Waals surface area contributed by atoms with Gasteiger partial charge < -0.3 is 14.9 Å². The zero-order valence-electron chi connectivity index (χ0n) is 12.0. The van der Waals surface area contributed by atoms with Crippen molar-refractivity contribution < 1.29 is 14.9 Å². The lowest BCUT2D eigenvalue weighted by Gasteiger charge is -2.16. The third kappa shape index (κ3) is 2.57. The van der Waals surface area contributed by atoms with Crippen LogP contribution in [-0.4, -0.2) is 22.0 Å². The van der Waals surface area contributed by atoms with E-state index in [-0.39, 0.29) is 17.1 Å². The first kappa shape index (κ1) is 13.5. The van der Waals surface area contributed by atoms with Crippen LogP contribution in [0.1, 0.15) is 25.0 Å². The van der Waals surface area contributed by atoms with E-state index in [9.17, 15) is 10.2 Å². The number of benzene rings is 2. The maximum absolute atomic E-state index is 9.90. The first-order valence-corrected chi connectivity index (χ1v) is 6.82. The highest BCUT2D eigenvalue weighted by molar-refractivity contribution is 5.86. The van der Waals surface area contributed by atoms with Gasteiger partial charge in [0, 0.05) is 23.8 Å². The number of fused-ring (bicyclic) bond motifs is 1. The van der Waals surface area contributed by atoms with Crippen molar-refractivity contribution in [2.75, 3.05) is 0 Å². The third-order valence-corrected chi connectivity index (χ3v) is 3.48. The van der Waals surface area contributed by atoms with Crippen molar-refractivity contribution in [3.8, 4) is 17.2 Å². The standard InChI is InChI=1S/C17H17NO3/c1-17(2)9-12-13(7-8-15(20)16(12)21-17)18-10-11-5-3-4-6-14(11)19/h3-8,10,19-20H,9H2,1-2H3. The summed E-state index contributed by atoms with van der Waals surface area (Å²) in [4.78, 5) is 4.44. The molecule has 0 saturated carbocycles. The topological polar surface area (TPSA) is 62.1 Å². The summed E-state index contributed by atoms with van der Waals surface area (Å²) >= 11 is 0. The Bertz CT molecular complexity index is 720. The zero-order valence-corrected chi connectivity index (χ0v) is 12.0. The van der Waals surface area contributed by atoms with Gasteiger partial charge in [-0.1, -0.05) is 12.1 Å². The number of phenols is 2. The number of para-hydroxylation sites is 1. The van der Waals surface area contributed by atoms with E-state index in [2.05, 4.69) is 4.99 Å². The van der Waals surface area contributed by atoms with Crippen molar-refractivity contribution in [3.05, 3.63) is 47.5 Å². The molecule has 2 aromatic carbocycles. The van der Waals surface area contributed by atoms with Gasteiger partial charge in [0.05, 0.1) is 5.69 Å². The average Bonchev–Trinajstić information content (AvgIpc) is 2.76. The Hall–Kier alpha value is -2.49. The second-order valence-corrected chi connectivity index (χ2v) is 5.77. The van der Waals surface area contributed by atoms with Gasteiger partial charge in [-0.3, -0.25) is 4.99 Å². The summed E-state index contributed by atoms with van der Waals surface area (Å²) in [6, 6.07) is 10.4. The molecule has 0 amide bonds. The fourth-order valence-electron chi connectivity index (χ4n) is 2.48. The van der Waals surface area contributed by atoms with Crippen LogP contribution in [0, 0.1) is 0 Å². The van der Waals surface area contributed by atoms with E-state index < -0.39 is 0 Å². The minimum Gasteiger partial charge on any atom is -0.507 e. The number of nitrogens with zero attached hydrogens (tertiary/aromatic N) is 1. The van der Waals surface area contributed by atoms with E-state index in [1.807, 2.05) is 19.9 Å². The largest absolute Gasteiger partial charge is 0.507 e. The van der Waals surface area contributed by atoms with Gasteiger partial charge >= 0.3 is 0 Å². The molecule has 4 nitrogen and oxygen atoms in total. The number of ether oxygens (including phenoxy) is 1. The van der Waals surface area contributed by atoms with Gasteiger partial charge in [0.1, 0.15) is 11.4 Å². The Morgan fingerprint density at radius 3 is 2.62 bits per heavy atom. The number of aliphatic imine (C=N–C) groups is 1. The van der Waals surface area contributed by atoms with E-state index in [4.69, 9.17) is 4.74 Å². The molecular formula is C17H17NO3. The van der Waals surface area contributed by atoms with Crippen molar-refractivity contribution in [1.29, 1.82) is 0 Å². The highest BCUT2D eigenvalue weighted by atomic mass is 16.5. The molecule has 0 saturated heterocycles. The maximum atomic E-state index is 9.90. The van der Waals surface area contributed by atoms with E-state index in [1.165, 1.54) is 0 Å². The van der Waals surface area contributed by atoms with Crippen LogP contribution in [0.2, 0.25) is 0 Å². The van der Waals surface area contributed by atoms with Gasteiger partial charge in [0.25, 0.3) is 0 Å². The van der Waals surface area contributed by atoms with Crippen LogP contribution in [-0.2, 0) is 6.42 Å². The van der Waals surface area contributed by atoms with E-state index >= 15 is 0 Å². The molecule has 2 N–H and O–H groups in total. The number of aromatic hydroxyl groups is 2. The molecule has 0 aromatic heterocycles. The number of hydrogen-bond donors (Lipinski definition) is 2. The second-order valence-electron chi connectivity index (χ2n) is 5.77. The Kier molecular flexibility index (Phi) is 3.09. The van der Waals surface area contributed by atoms with E-state index in [0.29, 0.717) is 17.7 Å². The first-order chi connectivity index (χ1) is 9.96. The number of rotatable bonds is 2. The molecule has 4 heteroatoms. The third-order valence-electron chi connectivity index (χ3n) is 3.48. The van der Waals surface area contributed by atoms with Gasteiger partial charge in [0.2, 0.25) is 0 Å². The van der Waals surface area contributed by atoms with Gasteiger partial charge in [-0.25, -0.2) is 0 Å². The van der Waals surface area contributed by atoms with Crippen LogP contribution in [0.5, 0.6) is 17.2 Å². The quantitative estimate of drug-likeness (QED) is 0.828. The molecule has 108 valence electrons. The fraction of sp³-hybridized carbons (Fsp3) is 0.235. The van der Waals surface area contributed by atoms with Crippen LogP contribution >= 0.6 is 0 Å². The molecular weight excluding hydrogens is 266 g/mol. The van der Waals surface area contributed by atoms with Crippen LogP contribution in [0.15, 0.2) is 41.4 Å². The Labute approximate surface area is 123 Å². The maximum Gasteiger partial charge on any atom is 0.167 e. The molecule has 0 unspecified atom stereocenters. The Morgan fingerprint density at radius 1 is 1.10 bits per heavy atom. The molecule has 0 radical (unpaired) electrons. The van der Waals surface area contributed by atoms with Crippen molar-refractivity contribution in [2.24, 2.45) is 4.99 Å². The monoisotopic (exact) mass is 283 g/mol. The first-order valence-electron chi connectivity index (χ1n) is 6.82. The summed E-state index contributed by atoms with van der Waals surface area (Å²) in [6.45, 7) is 3.95. The highest BCUT2D eigenvalue weighted by Gasteiger charge is 2.33. The molecule has 0 bridgehead atoms. The lowest BCUT2D eigenvalue weighted by atomic mass is 10.00. The molecule has 2 aromatic rings. The van der Waals surface area contributed by atoms with Gasteiger partial charge in [-0.2, -0.15) is 0 Å². The summed E-state index contributed by atoms with van der Waals surface area (Å²) in [5.74, 6) is 0.831. The van der Waals surface area contributed by atoms with Crippen LogP contribution in [0.3, 0.4) is 0 Å². The summed E-state index contributed by atoms with van der Waals surface area (Å²) in [5, 5.41) is 19.7. The second kappa shape index (κ2) is 4.81. The lowest BCUT2D eigenvalue weighted by Crippen LogP contribution is -2.24. The molecule has 0 atom stereocenters. The number of phenolic OH excluding ortho intramolecular Hbond substituents is 2. The molecule has 3 rings (SSSR count). The van der Waals surface area contributed by atoms with Crippen LogP contribution in [0.4, 0.5) is 5.69 Å². The van der Waals surface area contributed by atoms with Gasteiger partial charge in [-0.05, 0) is 38.1 Å². The summed E-state index contributed by atoms with van der Waals surface area (Å²) in [5.41, 5.74) is 1.95. The predicted molar refractivity (Wildman–Crippen MR) is 81.9 cm³/mol. The van der Waals surface area contributed by atoms with E-state index in [0.717, 1.165) is 11.3 Å². The Balaban J connectivity index is 1.99.